The van der Waals surface area contributed by atoms with E-state index in [-0.39, 0.29) is 16.5 Å². The van der Waals surface area contributed by atoms with Gasteiger partial charge in [0.1, 0.15) is 17.1 Å². The van der Waals surface area contributed by atoms with Crippen LogP contribution in [0.1, 0.15) is 27.7 Å². The fourth-order valence-corrected chi connectivity index (χ4v) is 2.37. The maximum absolute atomic E-state index is 12.5. The highest BCUT2D eigenvalue weighted by molar-refractivity contribution is 7.98. The van der Waals surface area contributed by atoms with E-state index in [1.165, 1.54) is 13.2 Å². The number of carbonyl (C=O) groups excluding carboxylic acids is 1. The van der Waals surface area contributed by atoms with Crippen LogP contribution in [0.5, 0.6) is 0 Å². The zero-order valence-corrected chi connectivity index (χ0v) is 12.3. The quantitative estimate of drug-likeness (QED) is 0.518. The van der Waals surface area contributed by atoms with Crippen LogP contribution in [-0.2, 0) is 16.7 Å². The molecule has 2 aromatic heterocycles. The number of aromatic nitrogens is 3. The standard InChI is InChI=1S/C11H11F3N4O3S/c1-5-7(8(19)20-2)3-6(21-5)4-22-10-17-16-9(18(10)15)11(12,13)14/h3H,4,15H2,1-2H3. The van der Waals surface area contributed by atoms with Crippen LogP contribution in [0.25, 0.3) is 0 Å². The summed E-state index contributed by atoms with van der Waals surface area (Å²) in [6, 6.07) is 1.45. The number of hydrogen-bond donors (Lipinski definition) is 1. The first-order valence-corrected chi connectivity index (χ1v) is 6.80. The van der Waals surface area contributed by atoms with E-state index in [2.05, 4.69) is 14.9 Å². The van der Waals surface area contributed by atoms with Gasteiger partial charge in [-0.2, -0.15) is 13.2 Å². The molecule has 120 valence electrons. The molecule has 0 bridgehead atoms. The molecule has 22 heavy (non-hydrogen) atoms. The van der Waals surface area contributed by atoms with E-state index in [4.69, 9.17) is 10.3 Å². The van der Waals surface area contributed by atoms with Crippen LogP contribution in [0.3, 0.4) is 0 Å². The van der Waals surface area contributed by atoms with E-state index in [0.29, 0.717) is 16.2 Å². The first-order chi connectivity index (χ1) is 10.2. The maximum atomic E-state index is 12.5. The minimum absolute atomic E-state index is 0.124. The molecule has 0 fully saturated rings. The number of aryl methyl sites for hydroxylation is 1. The zero-order valence-electron chi connectivity index (χ0n) is 11.5. The van der Waals surface area contributed by atoms with Gasteiger partial charge < -0.3 is 15.0 Å². The van der Waals surface area contributed by atoms with Crippen molar-refractivity contribution in [3.63, 3.8) is 0 Å². The van der Waals surface area contributed by atoms with Crippen molar-refractivity contribution in [1.82, 2.24) is 14.9 Å². The number of rotatable bonds is 4. The topological polar surface area (TPSA) is 96.2 Å². The molecule has 0 saturated heterocycles. The smallest absolute Gasteiger partial charge is 0.453 e. The summed E-state index contributed by atoms with van der Waals surface area (Å²) in [6.07, 6.45) is -4.68. The maximum Gasteiger partial charge on any atom is 0.453 e. The van der Waals surface area contributed by atoms with Gasteiger partial charge in [0, 0.05) is 0 Å². The molecule has 11 heteroatoms. The van der Waals surface area contributed by atoms with Crippen molar-refractivity contribution in [2.24, 2.45) is 0 Å². The molecule has 0 aromatic carbocycles. The zero-order chi connectivity index (χ0) is 16.5. The van der Waals surface area contributed by atoms with Crippen molar-refractivity contribution in [3.8, 4) is 0 Å². The second kappa shape index (κ2) is 5.91. The van der Waals surface area contributed by atoms with Gasteiger partial charge in [0.15, 0.2) is 0 Å². The van der Waals surface area contributed by atoms with Crippen LogP contribution in [0, 0.1) is 6.92 Å². The molecule has 0 radical (unpaired) electrons. The molecule has 7 nitrogen and oxygen atoms in total. The Morgan fingerprint density at radius 1 is 1.50 bits per heavy atom. The highest BCUT2D eigenvalue weighted by Gasteiger charge is 2.38. The first kappa shape index (κ1) is 16.2. The van der Waals surface area contributed by atoms with Crippen LogP contribution in [0.4, 0.5) is 13.2 Å². The Balaban J connectivity index is 2.11. The number of thioether (sulfide) groups is 1. The molecule has 0 spiro atoms. The summed E-state index contributed by atoms with van der Waals surface area (Å²) in [5.74, 6) is 4.32. The third-order valence-corrected chi connectivity index (χ3v) is 3.60. The third-order valence-electron chi connectivity index (χ3n) is 2.64. The molecule has 0 unspecified atom stereocenters. The molecule has 0 amide bonds. The second-order valence-corrected chi connectivity index (χ2v) is 5.08. The van der Waals surface area contributed by atoms with Crippen LogP contribution in [0.15, 0.2) is 15.6 Å². The summed E-state index contributed by atoms with van der Waals surface area (Å²) in [7, 11) is 1.23. The SMILES string of the molecule is COC(=O)c1cc(CSc2nnc(C(F)(F)F)n2N)oc1C. The third kappa shape index (κ3) is 3.18. The molecule has 2 rings (SSSR count). The van der Waals surface area contributed by atoms with Gasteiger partial charge in [-0.05, 0) is 13.0 Å². The summed E-state index contributed by atoms with van der Waals surface area (Å²) in [5.41, 5.74) is 0.253. The minimum Gasteiger partial charge on any atom is -0.465 e. The summed E-state index contributed by atoms with van der Waals surface area (Å²) in [5, 5.41) is 6.25. The lowest BCUT2D eigenvalue weighted by Gasteiger charge is -2.05. The normalized spacial score (nSPS) is 11.7. The monoisotopic (exact) mass is 336 g/mol. The van der Waals surface area contributed by atoms with Crippen molar-refractivity contribution >= 4 is 17.7 Å². The van der Waals surface area contributed by atoms with Gasteiger partial charge in [0.25, 0.3) is 5.82 Å². The number of alkyl halides is 3. The van der Waals surface area contributed by atoms with E-state index in [9.17, 15) is 18.0 Å². The molecule has 2 aromatic rings. The molecular weight excluding hydrogens is 325 g/mol. The van der Waals surface area contributed by atoms with Crippen LogP contribution >= 0.6 is 11.8 Å². The van der Waals surface area contributed by atoms with E-state index in [1.807, 2.05) is 0 Å². The lowest BCUT2D eigenvalue weighted by Crippen LogP contribution is -2.21. The van der Waals surface area contributed by atoms with Crippen LogP contribution in [-0.4, -0.2) is 28.0 Å². The van der Waals surface area contributed by atoms with Crippen molar-refractivity contribution < 1.29 is 27.1 Å². The van der Waals surface area contributed by atoms with Gasteiger partial charge in [-0.1, -0.05) is 11.8 Å². The number of nitrogens with zero attached hydrogens (tertiary/aromatic N) is 3. The fourth-order valence-electron chi connectivity index (χ4n) is 1.63. The predicted octanol–water partition coefficient (Wildman–Crippen LogP) is 1.99. The summed E-state index contributed by atoms with van der Waals surface area (Å²) >= 11 is 0.897. The molecule has 0 atom stereocenters. The van der Waals surface area contributed by atoms with Crippen molar-refractivity contribution in [1.29, 1.82) is 0 Å². The van der Waals surface area contributed by atoms with Crippen LogP contribution < -0.4 is 5.84 Å². The number of methoxy groups -OCH3 is 1. The molecule has 0 aliphatic rings. The average molecular weight is 336 g/mol. The number of halogens is 3. The van der Waals surface area contributed by atoms with E-state index in [1.54, 1.807) is 6.92 Å². The Kier molecular flexibility index (Phi) is 4.35. The Bertz CT molecular complexity index is 695. The molecule has 0 aliphatic carbocycles. The Labute approximate surface area is 126 Å². The van der Waals surface area contributed by atoms with Gasteiger partial charge in [-0.3, -0.25) is 0 Å². The number of hydrogen-bond acceptors (Lipinski definition) is 7. The van der Waals surface area contributed by atoms with Crippen molar-refractivity contribution in [2.75, 3.05) is 13.0 Å². The fraction of sp³-hybridized carbons (Fsp3) is 0.364. The molecule has 0 saturated carbocycles. The van der Waals surface area contributed by atoms with E-state index < -0.39 is 18.0 Å². The highest BCUT2D eigenvalue weighted by atomic mass is 32.2. The van der Waals surface area contributed by atoms with Gasteiger partial charge in [0.2, 0.25) is 5.16 Å². The van der Waals surface area contributed by atoms with Crippen molar-refractivity contribution in [3.05, 3.63) is 29.0 Å². The van der Waals surface area contributed by atoms with Gasteiger partial charge in [-0.15, -0.1) is 10.2 Å². The number of nitrogens with two attached hydrogens (primary N) is 1. The Hall–Kier alpha value is -2.17. The van der Waals surface area contributed by atoms with E-state index >= 15 is 0 Å². The Morgan fingerprint density at radius 3 is 2.73 bits per heavy atom. The Morgan fingerprint density at radius 2 is 2.18 bits per heavy atom. The van der Waals surface area contributed by atoms with Crippen molar-refractivity contribution in [2.45, 2.75) is 24.0 Å². The lowest BCUT2D eigenvalue weighted by molar-refractivity contribution is -0.146. The largest absolute Gasteiger partial charge is 0.465 e. The van der Waals surface area contributed by atoms with Gasteiger partial charge in [0.05, 0.1) is 12.9 Å². The number of nitrogen functional groups attached to an aromatic ring is 1. The molecule has 2 N–H and O–H groups in total. The number of esters is 1. The second-order valence-electron chi connectivity index (χ2n) is 4.14. The predicted molar refractivity (Wildman–Crippen MR) is 69.5 cm³/mol. The number of furan rings is 1. The summed E-state index contributed by atoms with van der Waals surface area (Å²) in [4.78, 5) is 11.4. The lowest BCUT2D eigenvalue weighted by atomic mass is 10.2. The summed E-state index contributed by atoms with van der Waals surface area (Å²) in [6.45, 7) is 1.58. The first-order valence-electron chi connectivity index (χ1n) is 5.82. The van der Waals surface area contributed by atoms with Gasteiger partial charge in [-0.25, -0.2) is 9.47 Å². The highest BCUT2D eigenvalue weighted by Crippen LogP contribution is 2.30. The molecular formula is C11H11F3N4O3S. The minimum atomic E-state index is -4.68. The van der Waals surface area contributed by atoms with Gasteiger partial charge >= 0.3 is 12.1 Å². The average Bonchev–Trinajstić information content (AvgIpc) is 2.98. The number of ether oxygens (including phenoxy) is 1. The number of carbonyl (C=O) groups is 1. The van der Waals surface area contributed by atoms with E-state index in [0.717, 1.165) is 11.8 Å². The molecule has 2 heterocycles. The molecule has 0 aliphatic heterocycles. The summed E-state index contributed by atoms with van der Waals surface area (Å²) < 4.78 is 47.9. The van der Waals surface area contributed by atoms with Crippen LogP contribution in [0.2, 0.25) is 0 Å².